The lowest BCUT2D eigenvalue weighted by Crippen LogP contribution is -2.32. The number of halogens is 2. The molecule has 7 rings (SSSR count). The average Bonchev–Trinajstić information content (AvgIpc) is 3.70. The first-order valence-corrected chi connectivity index (χ1v) is 14.7. The molecule has 1 aliphatic heterocycles. The van der Waals surface area contributed by atoms with E-state index in [-0.39, 0.29) is 46.8 Å². The van der Waals surface area contributed by atoms with E-state index >= 15 is 0 Å². The van der Waals surface area contributed by atoms with Gasteiger partial charge in [0.05, 0.1) is 39.3 Å². The number of esters is 1. The van der Waals surface area contributed by atoms with Crippen LogP contribution in [-0.4, -0.2) is 34.7 Å². The van der Waals surface area contributed by atoms with Gasteiger partial charge >= 0.3 is 5.97 Å². The van der Waals surface area contributed by atoms with Crippen LogP contribution in [0.15, 0.2) is 84.9 Å². The maximum absolute atomic E-state index is 13.5. The number of anilines is 1. The first-order valence-electron chi connectivity index (χ1n) is 14.0. The van der Waals surface area contributed by atoms with E-state index in [0.717, 1.165) is 6.42 Å². The second kappa shape index (κ2) is 10.4. The Bertz CT molecular complexity index is 1860. The number of ether oxygens (including phenoxy) is 1. The number of hydrogen-bond donors (Lipinski definition) is 0. The number of aromatic nitrogens is 1. The van der Waals surface area contributed by atoms with Gasteiger partial charge in [-0.2, -0.15) is 0 Å². The minimum Gasteiger partial charge on any atom is -0.451 e. The summed E-state index contributed by atoms with van der Waals surface area (Å²) < 4.78 is 5.61. The molecule has 7 nitrogen and oxygen atoms in total. The van der Waals surface area contributed by atoms with E-state index in [4.69, 9.17) is 32.9 Å². The Kier molecular flexibility index (Phi) is 6.67. The molecule has 1 aromatic heterocycles. The van der Waals surface area contributed by atoms with Crippen LogP contribution in [0.25, 0.3) is 22.2 Å². The van der Waals surface area contributed by atoms with Crippen LogP contribution >= 0.6 is 23.2 Å². The molecule has 3 aromatic carbocycles. The van der Waals surface area contributed by atoms with Crippen LogP contribution in [0.1, 0.15) is 34.1 Å². The van der Waals surface area contributed by atoms with Crippen molar-refractivity contribution < 1.29 is 23.9 Å². The zero-order chi connectivity index (χ0) is 30.0. The number of amides is 2. The van der Waals surface area contributed by atoms with E-state index in [0.29, 0.717) is 43.5 Å². The number of rotatable bonds is 6. The van der Waals surface area contributed by atoms with Crippen molar-refractivity contribution in [2.75, 3.05) is 4.90 Å². The summed E-state index contributed by atoms with van der Waals surface area (Å²) in [5, 5.41) is 1.22. The lowest BCUT2D eigenvalue weighted by Gasteiger charge is -2.18. The van der Waals surface area contributed by atoms with Gasteiger partial charge in [0.2, 0.25) is 17.6 Å². The second-order valence-electron chi connectivity index (χ2n) is 11.2. The van der Waals surface area contributed by atoms with E-state index in [1.54, 1.807) is 66.7 Å². The van der Waals surface area contributed by atoms with Gasteiger partial charge in [-0.05, 0) is 61.6 Å². The molecule has 5 atom stereocenters. The van der Waals surface area contributed by atoms with Crippen molar-refractivity contribution in [3.8, 4) is 11.3 Å². The van der Waals surface area contributed by atoms with Crippen molar-refractivity contribution >= 4 is 63.4 Å². The highest BCUT2D eigenvalue weighted by Crippen LogP contribution is 2.53. The molecule has 214 valence electrons. The number of carbonyl (C=O) groups excluding carboxylic acids is 4. The van der Waals surface area contributed by atoms with Crippen LogP contribution in [-0.2, 0) is 14.3 Å². The molecule has 2 aliphatic carbocycles. The molecular formula is C34H24Cl2N2O5. The van der Waals surface area contributed by atoms with Crippen LogP contribution in [0, 0.1) is 23.7 Å². The molecule has 2 heterocycles. The third kappa shape index (κ3) is 4.55. The molecule has 0 radical (unpaired) electrons. The molecule has 43 heavy (non-hydrogen) atoms. The van der Waals surface area contributed by atoms with Crippen molar-refractivity contribution in [2.24, 2.45) is 23.7 Å². The summed E-state index contributed by atoms with van der Waals surface area (Å²) in [6, 6.07) is 20.1. The first-order chi connectivity index (χ1) is 20.7. The summed E-state index contributed by atoms with van der Waals surface area (Å²) in [5.74, 6) is -1.71. The number of allylic oxidation sites excluding steroid dienone is 2. The van der Waals surface area contributed by atoms with Crippen LogP contribution in [0.5, 0.6) is 0 Å². The van der Waals surface area contributed by atoms with Gasteiger partial charge in [0.1, 0.15) is 0 Å². The second-order valence-corrected chi connectivity index (χ2v) is 12.0. The minimum absolute atomic E-state index is 0.129. The van der Waals surface area contributed by atoms with Crippen molar-refractivity contribution in [1.82, 2.24) is 4.98 Å². The fraction of sp³-hybridized carbons (Fsp3) is 0.206. The molecule has 1 saturated carbocycles. The average molecular weight is 611 g/mol. The fourth-order valence-corrected chi connectivity index (χ4v) is 7.03. The first kappa shape index (κ1) is 27.5. The van der Waals surface area contributed by atoms with Crippen molar-refractivity contribution in [1.29, 1.82) is 0 Å². The number of ketones is 1. The minimum atomic E-state index is -1.07. The van der Waals surface area contributed by atoms with E-state index < -0.39 is 12.1 Å². The van der Waals surface area contributed by atoms with Gasteiger partial charge in [-0.15, -0.1) is 0 Å². The number of pyridine rings is 1. The number of Topliss-reactive ketones (excluding diaryl/α,β-unsaturated/α-hetero) is 1. The Hall–Kier alpha value is -4.33. The van der Waals surface area contributed by atoms with E-state index in [2.05, 4.69) is 12.2 Å². The Morgan fingerprint density at radius 2 is 1.58 bits per heavy atom. The lowest BCUT2D eigenvalue weighted by atomic mass is 9.85. The number of nitrogens with zero attached hydrogens (tertiary/aromatic N) is 2. The Labute approximate surface area is 257 Å². The molecule has 0 N–H and O–H groups in total. The van der Waals surface area contributed by atoms with Crippen LogP contribution in [0.2, 0.25) is 10.0 Å². The Balaban J connectivity index is 1.19. The third-order valence-corrected chi connectivity index (χ3v) is 9.20. The topological polar surface area (TPSA) is 93.6 Å². The number of carbonyl (C=O) groups is 4. The Morgan fingerprint density at radius 3 is 2.26 bits per heavy atom. The van der Waals surface area contributed by atoms with Crippen molar-refractivity contribution in [3.63, 3.8) is 0 Å². The number of hydrogen-bond acceptors (Lipinski definition) is 6. The number of fused-ring (bicyclic) bond motifs is 6. The maximum Gasteiger partial charge on any atom is 0.339 e. The standard InChI is InChI=1S/C34H24Cl2N2O5/c1-17(31(39)21-4-2-5-22(35)15-21)43-34(42)25-16-27(37-30-24(25)6-3-7-26(30)36)18-10-12-23(13-11-18)38-32(40)28-19-8-9-20(14-19)29(28)33(38)41/h2-13,15-17,19-20,28-29H,14H2,1H3. The summed E-state index contributed by atoms with van der Waals surface area (Å²) in [5.41, 5.74) is 2.50. The largest absolute Gasteiger partial charge is 0.451 e. The van der Waals surface area contributed by atoms with E-state index in [1.165, 1.54) is 17.9 Å². The third-order valence-electron chi connectivity index (χ3n) is 8.66. The highest BCUT2D eigenvalue weighted by molar-refractivity contribution is 6.35. The van der Waals surface area contributed by atoms with E-state index in [1.807, 2.05) is 0 Å². The lowest BCUT2D eigenvalue weighted by molar-refractivity contribution is -0.123. The van der Waals surface area contributed by atoms with Crippen molar-refractivity contribution in [2.45, 2.75) is 19.4 Å². The monoisotopic (exact) mass is 610 g/mol. The predicted octanol–water partition coefficient (Wildman–Crippen LogP) is 6.95. The smallest absolute Gasteiger partial charge is 0.339 e. The molecule has 2 amide bonds. The van der Waals surface area contributed by atoms with Gasteiger partial charge in [-0.1, -0.05) is 71.8 Å². The molecule has 5 unspecified atom stereocenters. The zero-order valence-corrected chi connectivity index (χ0v) is 24.4. The van der Waals surface area contributed by atoms with E-state index in [9.17, 15) is 19.2 Å². The summed E-state index contributed by atoms with van der Waals surface area (Å²) in [6.07, 6.45) is 3.93. The summed E-state index contributed by atoms with van der Waals surface area (Å²) >= 11 is 12.5. The molecule has 3 aliphatic rings. The van der Waals surface area contributed by atoms with Gasteiger partial charge in [-0.3, -0.25) is 19.3 Å². The highest BCUT2D eigenvalue weighted by Gasteiger charge is 2.59. The predicted molar refractivity (Wildman–Crippen MR) is 163 cm³/mol. The summed E-state index contributed by atoms with van der Waals surface area (Å²) in [7, 11) is 0. The summed E-state index contributed by atoms with van der Waals surface area (Å²) in [6.45, 7) is 1.51. The molecule has 2 bridgehead atoms. The molecule has 9 heteroatoms. The molecular weight excluding hydrogens is 587 g/mol. The number of benzene rings is 3. The van der Waals surface area contributed by atoms with Crippen LogP contribution < -0.4 is 4.90 Å². The Morgan fingerprint density at radius 1 is 0.907 bits per heavy atom. The number of para-hydroxylation sites is 1. The highest BCUT2D eigenvalue weighted by atomic mass is 35.5. The van der Waals surface area contributed by atoms with Gasteiger partial charge in [0, 0.05) is 21.5 Å². The molecule has 4 aromatic rings. The summed E-state index contributed by atoms with van der Waals surface area (Å²) in [4.78, 5) is 58.9. The number of imide groups is 1. The van der Waals surface area contributed by atoms with Gasteiger partial charge in [0.15, 0.2) is 6.10 Å². The van der Waals surface area contributed by atoms with Gasteiger partial charge < -0.3 is 4.74 Å². The molecule has 2 fully saturated rings. The maximum atomic E-state index is 13.5. The SMILES string of the molecule is CC(OC(=O)c1cc(-c2ccc(N3C(=O)C4C5C=CC(C5)C4C3=O)cc2)nc2c(Cl)cccc12)C(=O)c1cccc(Cl)c1. The molecule has 1 saturated heterocycles. The molecule has 0 spiro atoms. The fourth-order valence-electron chi connectivity index (χ4n) is 6.62. The normalized spacial score (nSPS) is 22.7. The quantitative estimate of drug-likeness (QED) is 0.101. The van der Waals surface area contributed by atoms with Crippen LogP contribution in [0.3, 0.4) is 0 Å². The van der Waals surface area contributed by atoms with Gasteiger partial charge in [-0.25, -0.2) is 9.78 Å². The zero-order valence-electron chi connectivity index (χ0n) is 22.9. The van der Waals surface area contributed by atoms with Gasteiger partial charge in [0.25, 0.3) is 0 Å². The van der Waals surface area contributed by atoms with Crippen molar-refractivity contribution in [3.05, 3.63) is 106 Å². The van der Waals surface area contributed by atoms with Crippen LogP contribution in [0.4, 0.5) is 5.69 Å².